The number of hydrogen-bond donors (Lipinski definition) is 2. The van der Waals surface area contributed by atoms with Crippen molar-refractivity contribution in [2.45, 2.75) is 6.10 Å². The summed E-state index contributed by atoms with van der Waals surface area (Å²) in [5.41, 5.74) is 0.432. The number of aliphatic hydroxyl groups excluding tert-OH is 2. The molecule has 0 bridgehead atoms. The van der Waals surface area contributed by atoms with Gasteiger partial charge in [-0.15, -0.1) is 0 Å². The molecule has 0 aromatic heterocycles. The zero-order valence-corrected chi connectivity index (χ0v) is 6.75. The molecule has 1 atom stereocenters. The van der Waals surface area contributed by atoms with Crippen LogP contribution in [0.5, 0.6) is 0 Å². The molecule has 0 amide bonds. The summed E-state index contributed by atoms with van der Waals surface area (Å²) in [7, 11) is 0. The third-order valence-electron chi connectivity index (χ3n) is 1.66. The fraction of sp³-hybridized carbons (Fsp3) is 0.250. The van der Waals surface area contributed by atoms with Gasteiger partial charge in [0.2, 0.25) is 0 Å². The lowest BCUT2D eigenvalue weighted by Gasteiger charge is -2.05. The van der Waals surface area contributed by atoms with E-state index in [4.69, 9.17) is 10.2 Å². The molecule has 0 spiro atoms. The van der Waals surface area contributed by atoms with Crippen LogP contribution in [-0.4, -0.2) is 21.7 Å². The Morgan fingerprint density at radius 2 is 1.92 bits per heavy atom. The molecule has 0 heterocycles. The molecule has 2 N–H and O–H groups in total. The first kappa shape index (κ1) is 9.63. The Morgan fingerprint density at radius 1 is 1.38 bits per heavy atom. The highest BCUT2D eigenvalue weighted by molar-refractivity contribution is 5.33. The number of nitrogens with zero attached hydrogens (tertiary/aromatic N) is 1. The number of rotatable bonds is 3. The maximum Gasteiger partial charge on any atom is 0.269 e. The van der Waals surface area contributed by atoms with Gasteiger partial charge in [-0.05, 0) is 17.7 Å². The minimum Gasteiger partial charge on any atom is -0.393 e. The van der Waals surface area contributed by atoms with Crippen LogP contribution in [-0.2, 0) is 0 Å². The van der Waals surface area contributed by atoms with Gasteiger partial charge in [0.05, 0.1) is 11.5 Å². The van der Waals surface area contributed by atoms with Crippen molar-refractivity contribution < 1.29 is 15.1 Å². The lowest BCUT2D eigenvalue weighted by atomic mass is 10.1. The summed E-state index contributed by atoms with van der Waals surface area (Å²) in [5.74, 6) is 0. The Labute approximate surface area is 74.4 Å². The normalized spacial score (nSPS) is 12.5. The van der Waals surface area contributed by atoms with E-state index in [0.717, 1.165) is 0 Å². The molecule has 1 rings (SSSR count). The van der Waals surface area contributed by atoms with Crippen LogP contribution in [0.25, 0.3) is 0 Å². The van der Waals surface area contributed by atoms with Crippen molar-refractivity contribution in [1.29, 1.82) is 0 Å². The molecule has 0 unspecified atom stereocenters. The van der Waals surface area contributed by atoms with Crippen LogP contribution in [0.4, 0.5) is 5.69 Å². The molecule has 13 heavy (non-hydrogen) atoms. The third-order valence-corrected chi connectivity index (χ3v) is 1.66. The van der Waals surface area contributed by atoms with Gasteiger partial charge in [-0.3, -0.25) is 10.1 Å². The van der Waals surface area contributed by atoms with E-state index in [1.165, 1.54) is 24.3 Å². The van der Waals surface area contributed by atoms with Crippen LogP contribution in [0.15, 0.2) is 24.3 Å². The van der Waals surface area contributed by atoms with E-state index in [0.29, 0.717) is 5.56 Å². The van der Waals surface area contributed by atoms with Crippen LogP contribution in [0.2, 0.25) is 0 Å². The Morgan fingerprint density at radius 3 is 2.31 bits per heavy atom. The summed E-state index contributed by atoms with van der Waals surface area (Å²) in [6, 6.07) is 5.40. The van der Waals surface area contributed by atoms with Crippen LogP contribution < -0.4 is 0 Å². The predicted molar refractivity (Wildman–Crippen MR) is 45.1 cm³/mol. The number of aliphatic hydroxyl groups is 2. The van der Waals surface area contributed by atoms with Gasteiger partial charge in [0.15, 0.2) is 0 Å². The number of nitro groups is 1. The predicted octanol–water partition coefficient (Wildman–Crippen LogP) is 0.620. The van der Waals surface area contributed by atoms with Gasteiger partial charge >= 0.3 is 0 Å². The average Bonchev–Trinajstić information content (AvgIpc) is 2.17. The second-order valence-electron chi connectivity index (χ2n) is 2.55. The van der Waals surface area contributed by atoms with Crippen molar-refractivity contribution >= 4 is 5.69 Å². The molecule has 5 nitrogen and oxygen atoms in total. The monoisotopic (exact) mass is 183 g/mol. The summed E-state index contributed by atoms with van der Waals surface area (Å²) in [5, 5.41) is 28.0. The smallest absolute Gasteiger partial charge is 0.269 e. The molecule has 0 aliphatic rings. The van der Waals surface area contributed by atoms with Gasteiger partial charge in [0.25, 0.3) is 5.69 Å². The quantitative estimate of drug-likeness (QED) is 0.531. The number of nitro benzene ring substituents is 1. The molecule has 5 heteroatoms. The van der Waals surface area contributed by atoms with Gasteiger partial charge in [0.1, 0.15) is 6.10 Å². The largest absolute Gasteiger partial charge is 0.393 e. The van der Waals surface area contributed by atoms with Crippen molar-refractivity contribution in [2.75, 3.05) is 6.61 Å². The van der Waals surface area contributed by atoms with Crippen LogP contribution in [0, 0.1) is 10.1 Å². The Kier molecular flexibility index (Phi) is 2.94. The zero-order chi connectivity index (χ0) is 9.84. The average molecular weight is 183 g/mol. The first-order chi connectivity index (χ1) is 6.15. The van der Waals surface area contributed by atoms with E-state index in [1.807, 2.05) is 0 Å². The number of benzene rings is 1. The minimum absolute atomic E-state index is 0.0334. The van der Waals surface area contributed by atoms with Gasteiger partial charge in [-0.25, -0.2) is 0 Å². The van der Waals surface area contributed by atoms with Gasteiger partial charge < -0.3 is 10.2 Å². The molecule has 0 aliphatic carbocycles. The molecule has 0 aliphatic heterocycles. The summed E-state index contributed by atoms with van der Waals surface area (Å²) in [6.45, 7) is -0.391. The van der Waals surface area contributed by atoms with E-state index in [9.17, 15) is 10.1 Å². The second-order valence-corrected chi connectivity index (χ2v) is 2.55. The molecular formula is C8H9NO4. The Hall–Kier alpha value is -1.46. The molecule has 0 saturated carbocycles. The lowest BCUT2D eigenvalue weighted by Crippen LogP contribution is -2.02. The fourth-order valence-electron chi connectivity index (χ4n) is 0.924. The highest BCUT2D eigenvalue weighted by Gasteiger charge is 2.08. The first-order valence-electron chi connectivity index (χ1n) is 3.68. The van der Waals surface area contributed by atoms with E-state index in [1.54, 1.807) is 0 Å². The van der Waals surface area contributed by atoms with Gasteiger partial charge in [-0.1, -0.05) is 0 Å². The highest BCUT2D eigenvalue weighted by Crippen LogP contribution is 2.16. The molecule has 0 fully saturated rings. The summed E-state index contributed by atoms with van der Waals surface area (Å²) >= 11 is 0. The van der Waals surface area contributed by atoms with Crippen LogP contribution >= 0.6 is 0 Å². The fourth-order valence-corrected chi connectivity index (χ4v) is 0.924. The highest BCUT2D eigenvalue weighted by atomic mass is 16.6. The summed E-state index contributed by atoms with van der Waals surface area (Å²) in [4.78, 5) is 9.73. The summed E-state index contributed by atoms with van der Waals surface area (Å²) < 4.78 is 0. The first-order valence-corrected chi connectivity index (χ1v) is 3.68. The van der Waals surface area contributed by atoms with Crippen molar-refractivity contribution in [1.82, 2.24) is 0 Å². The maximum absolute atomic E-state index is 10.2. The van der Waals surface area contributed by atoms with Crippen LogP contribution in [0.3, 0.4) is 0 Å². The van der Waals surface area contributed by atoms with Gasteiger partial charge in [0, 0.05) is 12.1 Å². The van der Waals surface area contributed by atoms with Crippen molar-refractivity contribution in [2.24, 2.45) is 0 Å². The molecule has 0 radical (unpaired) electrons. The van der Waals surface area contributed by atoms with Crippen molar-refractivity contribution in [3.63, 3.8) is 0 Å². The summed E-state index contributed by atoms with van der Waals surface area (Å²) in [6.07, 6.45) is -0.971. The SMILES string of the molecule is O=[N+]([O-])c1ccc([C@H](O)CO)cc1. The van der Waals surface area contributed by atoms with Crippen molar-refractivity contribution in [3.05, 3.63) is 39.9 Å². The molecular weight excluding hydrogens is 174 g/mol. The number of hydrogen-bond acceptors (Lipinski definition) is 4. The minimum atomic E-state index is -0.971. The maximum atomic E-state index is 10.2. The standard InChI is InChI=1S/C8H9NO4/c10-5-8(11)6-1-3-7(4-2-6)9(12)13/h1-4,8,10-11H,5H2/t8-/m1/s1. The van der Waals surface area contributed by atoms with Crippen molar-refractivity contribution in [3.8, 4) is 0 Å². The molecule has 70 valence electrons. The Balaban J connectivity index is 2.87. The van der Waals surface area contributed by atoms with Gasteiger partial charge in [-0.2, -0.15) is 0 Å². The van der Waals surface area contributed by atoms with E-state index in [-0.39, 0.29) is 5.69 Å². The lowest BCUT2D eigenvalue weighted by molar-refractivity contribution is -0.384. The molecule has 0 saturated heterocycles. The zero-order valence-electron chi connectivity index (χ0n) is 6.75. The third kappa shape index (κ3) is 2.24. The molecule has 1 aromatic rings. The number of non-ortho nitro benzene ring substituents is 1. The topological polar surface area (TPSA) is 83.6 Å². The van der Waals surface area contributed by atoms with E-state index >= 15 is 0 Å². The van der Waals surface area contributed by atoms with E-state index in [2.05, 4.69) is 0 Å². The molecule has 1 aromatic carbocycles. The van der Waals surface area contributed by atoms with E-state index < -0.39 is 17.6 Å². The van der Waals surface area contributed by atoms with Crippen LogP contribution in [0.1, 0.15) is 11.7 Å². The second kappa shape index (κ2) is 3.97. The Bertz CT molecular complexity index is 296.